The molecule has 0 saturated carbocycles. The summed E-state index contributed by atoms with van der Waals surface area (Å²) in [5, 5.41) is 3.35. The molecular weight excluding hydrogens is 250 g/mol. The fourth-order valence-corrected chi connectivity index (χ4v) is 2.53. The maximum Gasteiger partial charge on any atom is 0.134 e. The molecule has 0 aliphatic carbocycles. The van der Waals surface area contributed by atoms with Crippen LogP contribution in [0.5, 0.6) is 5.75 Å². The first-order chi connectivity index (χ1) is 9.86. The highest BCUT2D eigenvalue weighted by Crippen LogP contribution is 2.30. The van der Waals surface area contributed by atoms with Crippen molar-refractivity contribution in [2.45, 2.75) is 32.7 Å². The van der Waals surface area contributed by atoms with Crippen LogP contribution in [0.3, 0.4) is 0 Å². The molecule has 106 valence electrons. The Morgan fingerprint density at radius 2 is 2.15 bits per heavy atom. The maximum atomic E-state index is 5.90. The fraction of sp³-hybridized carbons (Fsp3) is 0.412. The molecule has 3 rings (SSSR count). The van der Waals surface area contributed by atoms with Gasteiger partial charge in [-0.2, -0.15) is 0 Å². The van der Waals surface area contributed by atoms with E-state index in [1.165, 1.54) is 5.56 Å². The van der Waals surface area contributed by atoms with E-state index in [-0.39, 0.29) is 0 Å². The molecule has 0 bridgehead atoms. The summed E-state index contributed by atoms with van der Waals surface area (Å²) < 4.78 is 11.5. The summed E-state index contributed by atoms with van der Waals surface area (Å²) in [6.07, 6.45) is 3.33. The number of fused-ring (bicyclic) bond motifs is 1. The molecule has 1 aliphatic rings. The molecule has 3 nitrogen and oxygen atoms in total. The second-order valence-corrected chi connectivity index (χ2v) is 5.22. The fourth-order valence-electron chi connectivity index (χ4n) is 2.53. The van der Waals surface area contributed by atoms with E-state index in [0.29, 0.717) is 0 Å². The Hall–Kier alpha value is -1.74. The van der Waals surface area contributed by atoms with Crippen molar-refractivity contribution in [2.75, 3.05) is 13.2 Å². The highest BCUT2D eigenvalue weighted by Gasteiger charge is 2.12. The molecule has 2 aromatic rings. The Bertz CT molecular complexity index is 574. The van der Waals surface area contributed by atoms with Crippen molar-refractivity contribution in [1.82, 2.24) is 5.32 Å². The number of benzene rings is 1. The van der Waals surface area contributed by atoms with E-state index in [9.17, 15) is 0 Å². The lowest BCUT2D eigenvalue weighted by Crippen LogP contribution is -2.12. The monoisotopic (exact) mass is 271 g/mol. The molecule has 0 spiro atoms. The summed E-state index contributed by atoms with van der Waals surface area (Å²) in [4.78, 5) is 0. The number of furan rings is 1. The SMILES string of the molecule is CCCNCc1ccc(-c2ccc3c(c2)CCCO3)o1. The van der Waals surface area contributed by atoms with Gasteiger partial charge in [-0.1, -0.05) is 6.92 Å². The molecule has 0 atom stereocenters. The minimum Gasteiger partial charge on any atom is -0.493 e. The van der Waals surface area contributed by atoms with Crippen molar-refractivity contribution in [3.8, 4) is 17.1 Å². The van der Waals surface area contributed by atoms with Crippen LogP contribution in [0.4, 0.5) is 0 Å². The lowest BCUT2D eigenvalue weighted by molar-refractivity contribution is 0.288. The highest BCUT2D eigenvalue weighted by molar-refractivity contribution is 5.61. The van der Waals surface area contributed by atoms with E-state index in [4.69, 9.17) is 9.15 Å². The quantitative estimate of drug-likeness (QED) is 0.841. The summed E-state index contributed by atoms with van der Waals surface area (Å²) in [6, 6.07) is 10.4. The number of ether oxygens (including phenoxy) is 1. The van der Waals surface area contributed by atoms with Crippen LogP contribution >= 0.6 is 0 Å². The molecule has 3 heteroatoms. The summed E-state index contributed by atoms with van der Waals surface area (Å²) in [7, 11) is 0. The Balaban J connectivity index is 1.75. The Morgan fingerprint density at radius 3 is 3.05 bits per heavy atom. The molecule has 0 amide bonds. The normalized spacial score (nSPS) is 13.8. The number of nitrogens with one attached hydrogen (secondary N) is 1. The van der Waals surface area contributed by atoms with Gasteiger partial charge in [0, 0.05) is 5.56 Å². The van der Waals surface area contributed by atoms with Gasteiger partial charge in [-0.3, -0.25) is 0 Å². The van der Waals surface area contributed by atoms with Gasteiger partial charge in [0.15, 0.2) is 0 Å². The first kappa shape index (κ1) is 13.3. The van der Waals surface area contributed by atoms with Crippen LogP contribution in [-0.4, -0.2) is 13.2 Å². The molecule has 1 N–H and O–H groups in total. The first-order valence-electron chi connectivity index (χ1n) is 7.42. The minimum atomic E-state index is 0.794. The van der Waals surface area contributed by atoms with E-state index >= 15 is 0 Å². The third kappa shape index (κ3) is 2.88. The van der Waals surface area contributed by atoms with E-state index < -0.39 is 0 Å². The lowest BCUT2D eigenvalue weighted by atomic mass is 10.0. The predicted octanol–water partition coefficient (Wildman–Crippen LogP) is 3.77. The third-order valence-electron chi connectivity index (χ3n) is 3.58. The second kappa shape index (κ2) is 6.14. The summed E-state index contributed by atoms with van der Waals surface area (Å²) in [5.41, 5.74) is 2.42. The first-order valence-corrected chi connectivity index (χ1v) is 7.42. The smallest absolute Gasteiger partial charge is 0.134 e. The minimum absolute atomic E-state index is 0.794. The van der Waals surface area contributed by atoms with Crippen LogP contribution in [0.2, 0.25) is 0 Å². The molecule has 1 aromatic carbocycles. The summed E-state index contributed by atoms with van der Waals surface area (Å²) in [6.45, 7) is 4.81. The molecule has 0 radical (unpaired) electrons. The van der Waals surface area contributed by atoms with Crippen molar-refractivity contribution in [3.63, 3.8) is 0 Å². The van der Waals surface area contributed by atoms with E-state index in [1.54, 1.807) is 0 Å². The standard InChI is InChI=1S/C17H21NO2/c1-2-9-18-12-15-6-8-17(20-15)14-5-7-16-13(11-14)4-3-10-19-16/h5-8,11,18H,2-4,9-10,12H2,1H3. The number of hydrogen-bond acceptors (Lipinski definition) is 3. The van der Waals surface area contributed by atoms with Gasteiger partial charge < -0.3 is 14.5 Å². The summed E-state index contributed by atoms with van der Waals surface area (Å²) in [5.74, 6) is 2.95. The van der Waals surface area contributed by atoms with E-state index in [2.05, 4.69) is 30.4 Å². The average molecular weight is 271 g/mol. The maximum absolute atomic E-state index is 5.90. The molecule has 0 unspecified atom stereocenters. The van der Waals surface area contributed by atoms with Crippen molar-refractivity contribution in [3.05, 3.63) is 41.7 Å². The van der Waals surface area contributed by atoms with E-state index in [1.807, 2.05) is 12.1 Å². The molecule has 0 fully saturated rings. The zero-order chi connectivity index (χ0) is 13.8. The molecule has 1 aliphatic heterocycles. The van der Waals surface area contributed by atoms with Crippen molar-refractivity contribution < 1.29 is 9.15 Å². The Morgan fingerprint density at radius 1 is 1.20 bits per heavy atom. The Kier molecular flexibility index (Phi) is 4.07. The molecule has 20 heavy (non-hydrogen) atoms. The third-order valence-corrected chi connectivity index (χ3v) is 3.58. The van der Waals surface area contributed by atoms with Gasteiger partial charge >= 0.3 is 0 Å². The Labute approximate surface area is 119 Å². The summed E-state index contributed by atoms with van der Waals surface area (Å²) >= 11 is 0. The second-order valence-electron chi connectivity index (χ2n) is 5.22. The van der Waals surface area contributed by atoms with E-state index in [0.717, 1.165) is 61.8 Å². The zero-order valence-electron chi connectivity index (χ0n) is 11.9. The van der Waals surface area contributed by atoms with Crippen LogP contribution in [0.15, 0.2) is 34.7 Å². The van der Waals surface area contributed by atoms with Crippen LogP contribution in [0.25, 0.3) is 11.3 Å². The van der Waals surface area contributed by atoms with Crippen molar-refractivity contribution >= 4 is 0 Å². The van der Waals surface area contributed by atoms with Gasteiger partial charge in [0.2, 0.25) is 0 Å². The molecule has 0 saturated heterocycles. The van der Waals surface area contributed by atoms with Gasteiger partial charge in [0.25, 0.3) is 0 Å². The number of aryl methyl sites for hydroxylation is 1. The lowest BCUT2D eigenvalue weighted by Gasteiger charge is -2.17. The predicted molar refractivity (Wildman–Crippen MR) is 80.0 cm³/mol. The average Bonchev–Trinajstić information content (AvgIpc) is 2.96. The zero-order valence-corrected chi connectivity index (χ0v) is 11.9. The van der Waals surface area contributed by atoms with Crippen LogP contribution in [0, 0.1) is 0 Å². The highest BCUT2D eigenvalue weighted by atomic mass is 16.5. The van der Waals surface area contributed by atoms with Gasteiger partial charge in [-0.15, -0.1) is 0 Å². The van der Waals surface area contributed by atoms with Crippen molar-refractivity contribution in [2.24, 2.45) is 0 Å². The van der Waals surface area contributed by atoms with Crippen LogP contribution in [-0.2, 0) is 13.0 Å². The van der Waals surface area contributed by atoms with Gasteiger partial charge in [-0.05, 0) is 61.7 Å². The van der Waals surface area contributed by atoms with Gasteiger partial charge in [-0.25, -0.2) is 0 Å². The number of hydrogen-bond donors (Lipinski definition) is 1. The molecule has 1 aromatic heterocycles. The van der Waals surface area contributed by atoms with Crippen LogP contribution in [0.1, 0.15) is 31.1 Å². The molecular formula is C17H21NO2. The number of rotatable bonds is 5. The van der Waals surface area contributed by atoms with Gasteiger partial charge in [0.05, 0.1) is 13.2 Å². The largest absolute Gasteiger partial charge is 0.493 e. The molecule has 2 heterocycles. The van der Waals surface area contributed by atoms with Gasteiger partial charge in [0.1, 0.15) is 17.3 Å². The van der Waals surface area contributed by atoms with Crippen LogP contribution < -0.4 is 10.1 Å². The van der Waals surface area contributed by atoms with Crippen molar-refractivity contribution in [1.29, 1.82) is 0 Å². The topological polar surface area (TPSA) is 34.4 Å².